The number of ether oxygens (including phenoxy) is 1. The van der Waals surface area contributed by atoms with Crippen LogP contribution in [0.25, 0.3) is 0 Å². The number of hydrogen-bond acceptors (Lipinski definition) is 4. The molecule has 23 heavy (non-hydrogen) atoms. The average Bonchev–Trinajstić information content (AvgIpc) is 2.47. The molecule has 0 bridgehead atoms. The number of halogens is 2. The van der Waals surface area contributed by atoms with E-state index in [0.717, 1.165) is 13.0 Å². The Morgan fingerprint density at radius 1 is 1.52 bits per heavy atom. The number of hydrogen-bond donors (Lipinski definition) is 2. The van der Waals surface area contributed by atoms with Crippen molar-refractivity contribution in [1.82, 2.24) is 4.90 Å². The van der Waals surface area contributed by atoms with E-state index in [4.69, 9.17) is 22.1 Å². The molecule has 0 saturated carbocycles. The maximum atomic E-state index is 12.3. The summed E-state index contributed by atoms with van der Waals surface area (Å²) in [5.74, 6) is 1.04. The average molecular weight is 362 g/mol. The Kier molecular flexibility index (Phi) is 8.12. The topological polar surface area (TPSA) is 67.6 Å². The van der Waals surface area contributed by atoms with Crippen LogP contribution in [0.4, 0.5) is 5.69 Å². The van der Waals surface area contributed by atoms with E-state index in [2.05, 4.69) is 17.1 Å². The number of amides is 1. The first-order chi connectivity index (χ1) is 10.5. The molecule has 7 heteroatoms. The summed E-state index contributed by atoms with van der Waals surface area (Å²) in [7, 11) is 1.57. The highest BCUT2D eigenvalue weighted by Gasteiger charge is 2.28. The van der Waals surface area contributed by atoms with Crippen LogP contribution in [0.15, 0.2) is 18.2 Å². The van der Waals surface area contributed by atoms with Gasteiger partial charge in [-0.1, -0.05) is 18.5 Å². The van der Waals surface area contributed by atoms with Gasteiger partial charge >= 0.3 is 0 Å². The van der Waals surface area contributed by atoms with Crippen LogP contribution in [0.2, 0.25) is 5.02 Å². The summed E-state index contributed by atoms with van der Waals surface area (Å²) in [6.45, 7) is 4.02. The largest absolute Gasteiger partial charge is 0.495 e. The van der Waals surface area contributed by atoms with Gasteiger partial charge in [0.15, 0.2) is 0 Å². The van der Waals surface area contributed by atoms with E-state index in [1.807, 2.05) is 0 Å². The summed E-state index contributed by atoms with van der Waals surface area (Å²) < 4.78 is 5.24. The molecule has 3 N–H and O–H groups in total. The lowest BCUT2D eigenvalue weighted by Gasteiger charge is -2.38. The van der Waals surface area contributed by atoms with Gasteiger partial charge in [-0.2, -0.15) is 0 Å². The van der Waals surface area contributed by atoms with E-state index < -0.39 is 0 Å². The molecule has 1 saturated heterocycles. The minimum absolute atomic E-state index is 0. The number of nitrogens with zero attached hydrogens (tertiary/aromatic N) is 1. The van der Waals surface area contributed by atoms with E-state index in [9.17, 15) is 4.79 Å². The molecular weight excluding hydrogens is 337 g/mol. The third-order valence-electron chi connectivity index (χ3n) is 4.25. The molecule has 1 fully saturated rings. The highest BCUT2D eigenvalue weighted by atomic mass is 35.5. The van der Waals surface area contributed by atoms with Crippen molar-refractivity contribution >= 4 is 35.6 Å². The summed E-state index contributed by atoms with van der Waals surface area (Å²) in [5, 5.41) is 3.44. The van der Waals surface area contributed by atoms with E-state index >= 15 is 0 Å². The van der Waals surface area contributed by atoms with Crippen LogP contribution in [-0.2, 0) is 4.79 Å². The van der Waals surface area contributed by atoms with Crippen molar-refractivity contribution in [3.8, 4) is 5.75 Å². The van der Waals surface area contributed by atoms with Gasteiger partial charge in [-0.25, -0.2) is 0 Å². The molecule has 0 aliphatic carbocycles. The molecular formula is C16H25Cl2N3O2. The quantitative estimate of drug-likeness (QED) is 0.845. The third-order valence-corrected chi connectivity index (χ3v) is 4.49. The summed E-state index contributed by atoms with van der Waals surface area (Å²) in [6.07, 6.45) is 2.27. The summed E-state index contributed by atoms with van der Waals surface area (Å²) in [5.41, 5.74) is 6.46. The number of nitrogens with one attached hydrogen (secondary N) is 1. The molecule has 1 aromatic rings. The number of carbonyl (C=O) groups excluding carboxylic acids is 1. The predicted octanol–water partition coefficient (Wildman–Crippen LogP) is 2.77. The van der Waals surface area contributed by atoms with E-state index in [0.29, 0.717) is 35.5 Å². The summed E-state index contributed by atoms with van der Waals surface area (Å²) in [6, 6.07) is 5.43. The van der Waals surface area contributed by atoms with Crippen molar-refractivity contribution in [2.24, 2.45) is 11.7 Å². The highest BCUT2D eigenvalue weighted by molar-refractivity contribution is 6.31. The molecule has 5 nitrogen and oxygen atoms in total. The highest BCUT2D eigenvalue weighted by Crippen LogP contribution is 2.28. The Morgan fingerprint density at radius 3 is 2.91 bits per heavy atom. The molecule has 130 valence electrons. The molecule has 1 aliphatic heterocycles. The Morgan fingerprint density at radius 2 is 2.26 bits per heavy atom. The lowest BCUT2D eigenvalue weighted by Crippen LogP contribution is -2.51. The number of benzene rings is 1. The molecule has 2 atom stereocenters. The maximum Gasteiger partial charge on any atom is 0.238 e. The van der Waals surface area contributed by atoms with Crippen LogP contribution in [-0.4, -0.2) is 43.6 Å². The van der Waals surface area contributed by atoms with Crippen molar-refractivity contribution in [1.29, 1.82) is 0 Å². The molecule has 1 aromatic carbocycles. The van der Waals surface area contributed by atoms with Crippen molar-refractivity contribution in [3.63, 3.8) is 0 Å². The van der Waals surface area contributed by atoms with E-state index in [-0.39, 0.29) is 24.4 Å². The molecule has 1 amide bonds. The number of piperidine rings is 1. The van der Waals surface area contributed by atoms with Crippen LogP contribution in [0.1, 0.15) is 19.8 Å². The van der Waals surface area contributed by atoms with Gasteiger partial charge in [0.05, 0.1) is 19.3 Å². The number of anilines is 1. The second kappa shape index (κ2) is 9.33. The zero-order valence-corrected chi connectivity index (χ0v) is 15.1. The van der Waals surface area contributed by atoms with Crippen LogP contribution in [0.3, 0.4) is 0 Å². The van der Waals surface area contributed by atoms with Crippen LogP contribution in [0.5, 0.6) is 5.75 Å². The first-order valence-corrected chi connectivity index (χ1v) is 8.00. The van der Waals surface area contributed by atoms with Gasteiger partial charge in [0, 0.05) is 17.6 Å². The smallest absolute Gasteiger partial charge is 0.238 e. The zero-order chi connectivity index (χ0) is 16.1. The fourth-order valence-corrected chi connectivity index (χ4v) is 3.24. The normalized spacial score (nSPS) is 21.4. The Labute approximate surface area is 148 Å². The van der Waals surface area contributed by atoms with Gasteiger partial charge in [-0.05, 0) is 43.5 Å². The molecule has 1 aliphatic rings. The van der Waals surface area contributed by atoms with Crippen molar-refractivity contribution in [2.45, 2.75) is 25.8 Å². The molecule has 2 rings (SSSR count). The number of likely N-dealkylation sites (tertiary alicyclic amines) is 1. The number of carbonyl (C=O) groups is 1. The van der Waals surface area contributed by atoms with Gasteiger partial charge in [-0.15, -0.1) is 12.4 Å². The monoisotopic (exact) mass is 361 g/mol. The molecule has 0 radical (unpaired) electrons. The Bertz CT molecular complexity index is 528. The fourth-order valence-electron chi connectivity index (χ4n) is 3.06. The van der Waals surface area contributed by atoms with Gasteiger partial charge in [0.2, 0.25) is 5.91 Å². The molecule has 2 unspecified atom stereocenters. The zero-order valence-electron chi connectivity index (χ0n) is 13.5. The van der Waals surface area contributed by atoms with Crippen LogP contribution < -0.4 is 15.8 Å². The number of methoxy groups -OCH3 is 1. The molecule has 1 heterocycles. The van der Waals surface area contributed by atoms with Gasteiger partial charge in [0.25, 0.3) is 0 Å². The Balaban J connectivity index is 0.00000264. The third kappa shape index (κ3) is 5.24. The summed E-state index contributed by atoms with van der Waals surface area (Å²) >= 11 is 5.98. The van der Waals surface area contributed by atoms with Crippen molar-refractivity contribution < 1.29 is 9.53 Å². The van der Waals surface area contributed by atoms with Crippen molar-refractivity contribution in [3.05, 3.63) is 23.2 Å². The molecule has 0 aromatic heterocycles. The number of rotatable bonds is 5. The first-order valence-electron chi connectivity index (χ1n) is 7.62. The van der Waals surface area contributed by atoms with Gasteiger partial charge in [-0.3, -0.25) is 9.69 Å². The minimum Gasteiger partial charge on any atom is -0.495 e. The SMILES string of the molecule is COc1ccc(Cl)cc1NC(=O)CN1CCCC(C)C1CN.Cl. The standard InChI is InChI=1S/C16H24ClN3O2.ClH/c1-11-4-3-7-20(14(11)9-18)10-16(21)19-13-8-12(17)5-6-15(13)22-2;/h5-6,8,11,14H,3-4,7,9-10,18H2,1-2H3,(H,19,21);1H. The second-order valence-electron chi connectivity index (χ2n) is 5.79. The predicted molar refractivity (Wildman–Crippen MR) is 96.7 cm³/mol. The molecule has 0 spiro atoms. The fraction of sp³-hybridized carbons (Fsp3) is 0.562. The van der Waals surface area contributed by atoms with Gasteiger partial charge in [0.1, 0.15) is 5.75 Å². The second-order valence-corrected chi connectivity index (χ2v) is 6.22. The summed E-state index contributed by atoms with van der Waals surface area (Å²) in [4.78, 5) is 14.5. The van der Waals surface area contributed by atoms with Crippen LogP contribution >= 0.6 is 24.0 Å². The van der Waals surface area contributed by atoms with E-state index in [1.54, 1.807) is 25.3 Å². The minimum atomic E-state index is -0.0758. The maximum absolute atomic E-state index is 12.3. The Hall–Kier alpha value is -1.01. The van der Waals surface area contributed by atoms with Gasteiger partial charge < -0.3 is 15.8 Å². The lowest BCUT2D eigenvalue weighted by atomic mass is 9.91. The van der Waals surface area contributed by atoms with E-state index in [1.165, 1.54) is 6.42 Å². The lowest BCUT2D eigenvalue weighted by molar-refractivity contribution is -0.118. The van der Waals surface area contributed by atoms with Crippen LogP contribution in [0, 0.1) is 5.92 Å². The van der Waals surface area contributed by atoms with Crippen molar-refractivity contribution in [2.75, 3.05) is 32.1 Å². The number of nitrogens with two attached hydrogens (primary N) is 1. The first kappa shape index (κ1) is 20.0.